The Balaban J connectivity index is 2.05. The molecule has 1 aliphatic heterocycles. The van der Waals surface area contributed by atoms with Crippen molar-refractivity contribution in [1.29, 1.82) is 0 Å². The number of aromatic nitrogens is 2. The van der Waals surface area contributed by atoms with Gasteiger partial charge in [-0.15, -0.1) is 0 Å². The standard InChI is InChI=1S/C11H19N3O/c1-3-8(2)10-13-11(15-14-10)9-4-6-12-7-5-9/h8-9,12H,3-7H2,1-2H3/t8-/m0/s1. The topological polar surface area (TPSA) is 51.0 Å². The molecule has 1 atom stereocenters. The lowest BCUT2D eigenvalue weighted by Gasteiger charge is -2.18. The summed E-state index contributed by atoms with van der Waals surface area (Å²) in [6.45, 7) is 6.40. The molecule has 84 valence electrons. The lowest BCUT2D eigenvalue weighted by atomic mass is 9.98. The van der Waals surface area contributed by atoms with Crippen LogP contribution in [0.2, 0.25) is 0 Å². The minimum Gasteiger partial charge on any atom is -0.339 e. The van der Waals surface area contributed by atoms with Crippen molar-refractivity contribution in [3.8, 4) is 0 Å². The third-order valence-electron chi connectivity index (χ3n) is 3.20. The highest BCUT2D eigenvalue weighted by atomic mass is 16.5. The zero-order valence-corrected chi connectivity index (χ0v) is 9.49. The van der Waals surface area contributed by atoms with Crippen molar-refractivity contribution in [1.82, 2.24) is 15.5 Å². The Kier molecular flexibility index (Phi) is 3.36. The number of hydrogen-bond acceptors (Lipinski definition) is 4. The van der Waals surface area contributed by atoms with Crippen molar-refractivity contribution in [2.45, 2.75) is 44.9 Å². The molecule has 4 heteroatoms. The third-order valence-corrected chi connectivity index (χ3v) is 3.20. The zero-order chi connectivity index (χ0) is 10.7. The molecule has 0 unspecified atom stereocenters. The molecule has 0 aliphatic carbocycles. The molecule has 0 aromatic carbocycles. The molecule has 1 aromatic heterocycles. The molecule has 1 N–H and O–H groups in total. The normalized spacial score (nSPS) is 20.4. The Morgan fingerprint density at radius 2 is 2.20 bits per heavy atom. The maximum Gasteiger partial charge on any atom is 0.229 e. The van der Waals surface area contributed by atoms with Gasteiger partial charge in [0, 0.05) is 11.8 Å². The van der Waals surface area contributed by atoms with Crippen LogP contribution in [0, 0.1) is 0 Å². The summed E-state index contributed by atoms with van der Waals surface area (Å²) < 4.78 is 5.34. The molecule has 2 rings (SSSR count). The summed E-state index contributed by atoms with van der Waals surface area (Å²) in [4.78, 5) is 4.50. The highest BCUT2D eigenvalue weighted by Crippen LogP contribution is 2.25. The van der Waals surface area contributed by atoms with E-state index in [-0.39, 0.29) is 0 Å². The van der Waals surface area contributed by atoms with E-state index in [4.69, 9.17) is 4.52 Å². The van der Waals surface area contributed by atoms with Crippen molar-refractivity contribution in [2.24, 2.45) is 0 Å². The van der Waals surface area contributed by atoms with Gasteiger partial charge in [-0.1, -0.05) is 19.0 Å². The van der Waals surface area contributed by atoms with Gasteiger partial charge in [-0.3, -0.25) is 0 Å². The fraction of sp³-hybridized carbons (Fsp3) is 0.818. The molecule has 15 heavy (non-hydrogen) atoms. The lowest BCUT2D eigenvalue weighted by Crippen LogP contribution is -2.26. The summed E-state index contributed by atoms with van der Waals surface area (Å²) in [6, 6.07) is 0. The van der Waals surface area contributed by atoms with Gasteiger partial charge in [0.15, 0.2) is 5.82 Å². The Bertz CT molecular complexity index is 305. The molecule has 2 heterocycles. The number of nitrogens with one attached hydrogen (secondary N) is 1. The SMILES string of the molecule is CC[C@H](C)c1noc(C2CCNCC2)n1. The number of nitrogens with zero attached hydrogens (tertiary/aromatic N) is 2. The fourth-order valence-corrected chi connectivity index (χ4v) is 1.86. The average molecular weight is 209 g/mol. The van der Waals surface area contributed by atoms with Crippen LogP contribution in [0.15, 0.2) is 4.52 Å². The second-order valence-corrected chi connectivity index (χ2v) is 4.32. The van der Waals surface area contributed by atoms with Gasteiger partial charge in [0.05, 0.1) is 0 Å². The van der Waals surface area contributed by atoms with E-state index >= 15 is 0 Å². The van der Waals surface area contributed by atoms with Gasteiger partial charge < -0.3 is 9.84 Å². The van der Waals surface area contributed by atoms with Crippen LogP contribution < -0.4 is 5.32 Å². The van der Waals surface area contributed by atoms with Gasteiger partial charge in [0.2, 0.25) is 5.89 Å². The molecule has 4 nitrogen and oxygen atoms in total. The first-order chi connectivity index (χ1) is 7.31. The van der Waals surface area contributed by atoms with Crippen LogP contribution in [0.4, 0.5) is 0 Å². The quantitative estimate of drug-likeness (QED) is 0.827. The first-order valence-corrected chi connectivity index (χ1v) is 5.85. The molecule has 1 saturated heterocycles. The van der Waals surface area contributed by atoms with Crippen LogP contribution in [0.3, 0.4) is 0 Å². The predicted molar refractivity (Wildman–Crippen MR) is 57.8 cm³/mol. The van der Waals surface area contributed by atoms with Crippen LogP contribution in [0.25, 0.3) is 0 Å². The van der Waals surface area contributed by atoms with Crippen molar-refractivity contribution in [3.05, 3.63) is 11.7 Å². The molecule has 0 radical (unpaired) electrons. The minimum absolute atomic E-state index is 0.407. The number of hydrogen-bond donors (Lipinski definition) is 1. The molecular formula is C11H19N3O. The Morgan fingerprint density at radius 3 is 2.87 bits per heavy atom. The summed E-state index contributed by atoms with van der Waals surface area (Å²) in [6.07, 6.45) is 3.29. The van der Waals surface area contributed by atoms with Crippen LogP contribution in [-0.2, 0) is 0 Å². The van der Waals surface area contributed by atoms with Crippen LogP contribution in [0.5, 0.6) is 0 Å². The second-order valence-electron chi connectivity index (χ2n) is 4.32. The second kappa shape index (κ2) is 4.75. The van der Waals surface area contributed by atoms with Gasteiger partial charge in [-0.2, -0.15) is 4.98 Å². The maximum atomic E-state index is 5.34. The molecule has 0 saturated carbocycles. The van der Waals surface area contributed by atoms with Gasteiger partial charge in [-0.25, -0.2) is 0 Å². The first-order valence-electron chi connectivity index (χ1n) is 5.85. The Morgan fingerprint density at radius 1 is 1.47 bits per heavy atom. The molecular weight excluding hydrogens is 190 g/mol. The van der Waals surface area contributed by atoms with E-state index in [1.54, 1.807) is 0 Å². The van der Waals surface area contributed by atoms with E-state index in [0.717, 1.165) is 44.1 Å². The van der Waals surface area contributed by atoms with E-state index in [1.165, 1.54) is 0 Å². The monoisotopic (exact) mass is 209 g/mol. The van der Waals surface area contributed by atoms with Crippen LogP contribution >= 0.6 is 0 Å². The van der Waals surface area contributed by atoms with E-state index in [0.29, 0.717) is 11.8 Å². The molecule has 0 bridgehead atoms. The maximum absolute atomic E-state index is 5.34. The number of rotatable bonds is 3. The van der Waals surface area contributed by atoms with E-state index in [1.807, 2.05) is 0 Å². The van der Waals surface area contributed by atoms with Crippen molar-refractivity contribution in [3.63, 3.8) is 0 Å². The zero-order valence-electron chi connectivity index (χ0n) is 9.49. The van der Waals surface area contributed by atoms with Gasteiger partial charge in [0.1, 0.15) is 0 Å². The van der Waals surface area contributed by atoms with Crippen molar-refractivity contribution in [2.75, 3.05) is 13.1 Å². The van der Waals surface area contributed by atoms with Gasteiger partial charge >= 0.3 is 0 Å². The summed E-state index contributed by atoms with van der Waals surface area (Å²) in [7, 11) is 0. The Labute approximate surface area is 90.4 Å². The smallest absolute Gasteiger partial charge is 0.229 e. The predicted octanol–water partition coefficient (Wildman–Crippen LogP) is 2.05. The van der Waals surface area contributed by atoms with Gasteiger partial charge in [-0.05, 0) is 32.4 Å². The van der Waals surface area contributed by atoms with Crippen molar-refractivity contribution >= 4 is 0 Å². The highest BCUT2D eigenvalue weighted by molar-refractivity contribution is 4.99. The molecule has 0 amide bonds. The minimum atomic E-state index is 0.407. The summed E-state index contributed by atoms with van der Waals surface area (Å²) in [5.74, 6) is 2.58. The summed E-state index contributed by atoms with van der Waals surface area (Å²) >= 11 is 0. The summed E-state index contributed by atoms with van der Waals surface area (Å²) in [5.41, 5.74) is 0. The first kappa shape index (κ1) is 10.6. The number of piperidine rings is 1. The molecule has 1 aliphatic rings. The highest BCUT2D eigenvalue weighted by Gasteiger charge is 2.22. The van der Waals surface area contributed by atoms with E-state index < -0.39 is 0 Å². The summed E-state index contributed by atoms with van der Waals surface area (Å²) in [5, 5.41) is 7.39. The van der Waals surface area contributed by atoms with E-state index in [9.17, 15) is 0 Å². The van der Waals surface area contributed by atoms with E-state index in [2.05, 4.69) is 29.3 Å². The lowest BCUT2D eigenvalue weighted by molar-refractivity contribution is 0.317. The molecule has 0 spiro atoms. The van der Waals surface area contributed by atoms with Crippen LogP contribution in [0.1, 0.15) is 56.7 Å². The van der Waals surface area contributed by atoms with Crippen molar-refractivity contribution < 1.29 is 4.52 Å². The van der Waals surface area contributed by atoms with Gasteiger partial charge in [0.25, 0.3) is 0 Å². The average Bonchev–Trinajstić information content (AvgIpc) is 2.78. The molecule has 1 fully saturated rings. The fourth-order valence-electron chi connectivity index (χ4n) is 1.86. The Hall–Kier alpha value is -0.900. The van der Waals surface area contributed by atoms with Crippen LogP contribution in [-0.4, -0.2) is 23.2 Å². The molecule has 1 aromatic rings. The third kappa shape index (κ3) is 2.37. The largest absolute Gasteiger partial charge is 0.339 e.